The largest absolute Gasteiger partial charge is 0.466 e. The number of amides is 1. The van der Waals surface area contributed by atoms with Crippen molar-refractivity contribution in [1.82, 2.24) is 14.9 Å². The summed E-state index contributed by atoms with van der Waals surface area (Å²) in [6.07, 6.45) is 1.30. The van der Waals surface area contributed by atoms with Gasteiger partial charge in [-0.15, -0.1) is 23.1 Å². The van der Waals surface area contributed by atoms with Crippen molar-refractivity contribution in [2.75, 3.05) is 25.4 Å². The van der Waals surface area contributed by atoms with Gasteiger partial charge in [0.1, 0.15) is 10.7 Å². The van der Waals surface area contributed by atoms with Gasteiger partial charge in [-0.25, -0.2) is 4.98 Å². The Morgan fingerprint density at radius 2 is 2.04 bits per heavy atom. The summed E-state index contributed by atoms with van der Waals surface area (Å²) < 4.78 is 5.06. The normalized spacial score (nSPS) is 15.2. The lowest BCUT2D eigenvalue weighted by Gasteiger charge is -2.30. The Morgan fingerprint density at radius 1 is 1.32 bits per heavy atom. The number of carbonyl (C=O) groups is 2. The minimum atomic E-state index is -0.159. The van der Waals surface area contributed by atoms with Gasteiger partial charge in [-0.2, -0.15) is 0 Å². The molecule has 2 aromatic heterocycles. The lowest BCUT2D eigenvalue weighted by atomic mass is 9.97. The van der Waals surface area contributed by atoms with Crippen LogP contribution >= 0.6 is 23.1 Å². The number of aromatic amines is 1. The number of esters is 1. The fourth-order valence-electron chi connectivity index (χ4n) is 3.32. The summed E-state index contributed by atoms with van der Waals surface area (Å²) in [4.78, 5) is 47.5. The molecule has 1 aliphatic heterocycles. The highest BCUT2D eigenvalue weighted by molar-refractivity contribution is 7.99. The van der Waals surface area contributed by atoms with E-state index in [1.807, 2.05) is 13.8 Å². The average molecular weight is 424 g/mol. The first-order chi connectivity index (χ1) is 13.4. The Morgan fingerprint density at radius 3 is 2.71 bits per heavy atom. The van der Waals surface area contributed by atoms with Gasteiger partial charge in [0.05, 0.1) is 29.4 Å². The van der Waals surface area contributed by atoms with Crippen LogP contribution in [0.4, 0.5) is 0 Å². The van der Waals surface area contributed by atoms with Gasteiger partial charge in [-0.3, -0.25) is 14.4 Å². The Hall–Kier alpha value is -1.87. The van der Waals surface area contributed by atoms with Gasteiger partial charge in [0.25, 0.3) is 5.56 Å². The zero-order valence-corrected chi connectivity index (χ0v) is 18.0. The van der Waals surface area contributed by atoms with Gasteiger partial charge in [-0.05, 0) is 39.2 Å². The Kier molecular flexibility index (Phi) is 6.77. The Balaban J connectivity index is 1.50. The summed E-state index contributed by atoms with van der Waals surface area (Å²) in [7, 11) is 0. The first kappa shape index (κ1) is 20.9. The molecule has 3 rings (SSSR count). The number of H-pyrrole nitrogens is 1. The molecule has 9 heteroatoms. The maximum absolute atomic E-state index is 12.4. The smallest absolute Gasteiger partial charge is 0.309 e. The minimum Gasteiger partial charge on any atom is -0.466 e. The number of thioether (sulfide) groups is 1. The topological polar surface area (TPSA) is 92.4 Å². The number of aromatic nitrogens is 2. The van der Waals surface area contributed by atoms with Crippen molar-refractivity contribution < 1.29 is 14.3 Å². The van der Waals surface area contributed by atoms with Crippen LogP contribution in [0.5, 0.6) is 0 Å². The van der Waals surface area contributed by atoms with E-state index in [4.69, 9.17) is 4.74 Å². The third-order valence-corrected chi connectivity index (χ3v) is 7.05. The number of nitrogens with zero attached hydrogens (tertiary/aromatic N) is 2. The van der Waals surface area contributed by atoms with Crippen LogP contribution in [0.3, 0.4) is 0 Å². The summed E-state index contributed by atoms with van der Waals surface area (Å²) in [6, 6.07) is 0. The Labute approximate surface area is 171 Å². The van der Waals surface area contributed by atoms with Crippen molar-refractivity contribution in [2.24, 2.45) is 5.92 Å². The van der Waals surface area contributed by atoms with Crippen LogP contribution in [0, 0.1) is 19.8 Å². The molecule has 3 heterocycles. The fourth-order valence-corrected chi connectivity index (χ4v) is 5.16. The number of aryl methyl sites for hydroxylation is 2. The van der Waals surface area contributed by atoms with Crippen molar-refractivity contribution in [3.63, 3.8) is 0 Å². The van der Waals surface area contributed by atoms with Gasteiger partial charge in [0, 0.05) is 18.0 Å². The number of ether oxygens (including phenoxy) is 1. The molecule has 0 spiro atoms. The molecule has 2 aromatic rings. The minimum absolute atomic E-state index is 0.0542. The molecule has 0 bridgehead atoms. The molecule has 1 fully saturated rings. The number of hydrogen-bond acceptors (Lipinski definition) is 7. The lowest BCUT2D eigenvalue weighted by molar-refractivity contribution is -0.151. The van der Waals surface area contributed by atoms with E-state index in [1.54, 1.807) is 11.8 Å². The first-order valence-corrected chi connectivity index (χ1v) is 11.4. The number of likely N-dealkylation sites (tertiary alicyclic amines) is 1. The predicted molar refractivity (Wildman–Crippen MR) is 112 cm³/mol. The fraction of sp³-hybridized carbons (Fsp3) is 0.579. The van der Waals surface area contributed by atoms with Crippen LogP contribution in [0.25, 0.3) is 10.2 Å². The van der Waals surface area contributed by atoms with E-state index in [1.165, 1.54) is 23.1 Å². The second-order valence-electron chi connectivity index (χ2n) is 6.88. The zero-order chi connectivity index (χ0) is 20.3. The van der Waals surface area contributed by atoms with Crippen molar-refractivity contribution >= 4 is 45.2 Å². The van der Waals surface area contributed by atoms with Crippen LogP contribution in [0.15, 0.2) is 4.79 Å². The maximum atomic E-state index is 12.4. The molecule has 0 atom stereocenters. The molecular weight excluding hydrogens is 398 g/mol. The molecule has 152 valence electrons. The Bertz CT molecular complexity index is 929. The van der Waals surface area contributed by atoms with Gasteiger partial charge in [0.15, 0.2) is 0 Å². The molecule has 1 saturated heterocycles. The molecule has 0 unspecified atom stereocenters. The molecule has 0 aromatic carbocycles. The highest BCUT2D eigenvalue weighted by Gasteiger charge is 2.28. The van der Waals surface area contributed by atoms with E-state index in [0.29, 0.717) is 55.3 Å². The number of hydrogen-bond donors (Lipinski definition) is 1. The molecular formula is C19H25N3O4S2. The number of nitrogens with one attached hydrogen (secondary N) is 1. The van der Waals surface area contributed by atoms with Gasteiger partial charge in [0.2, 0.25) is 5.91 Å². The molecule has 28 heavy (non-hydrogen) atoms. The van der Waals surface area contributed by atoms with Crippen molar-refractivity contribution in [1.29, 1.82) is 0 Å². The van der Waals surface area contributed by atoms with Crippen LogP contribution in [0.1, 0.15) is 36.0 Å². The van der Waals surface area contributed by atoms with Crippen molar-refractivity contribution in [3.8, 4) is 0 Å². The molecule has 1 N–H and O–H groups in total. The third-order valence-electron chi connectivity index (χ3n) is 5.02. The molecule has 1 aliphatic rings. The number of rotatable bonds is 6. The maximum Gasteiger partial charge on any atom is 0.309 e. The van der Waals surface area contributed by atoms with Crippen molar-refractivity contribution in [2.45, 2.75) is 39.4 Å². The summed E-state index contributed by atoms with van der Waals surface area (Å²) in [5.41, 5.74) is 0.865. The van der Waals surface area contributed by atoms with Gasteiger partial charge < -0.3 is 14.6 Å². The zero-order valence-electron chi connectivity index (χ0n) is 16.4. The van der Waals surface area contributed by atoms with E-state index < -0.39 is 0 Å². The number of thiophene rings is 1. The van der Waals surface area contributed by atoms with E-state index in [9.17, 15) is 14.4 Å². The van der Waals surface area contributed by atoms with Crippen LogP contribution < -0.4 is 5.56 Å². The number of piperidine rings is 1. The summed E-state index contributed by atoms with van der Waals surface area (Å²) >= 11 is 2.96. The van der Waals surface area contributed by atoms with E-state index in [2.05, 4.69) is 9.97 Å². The molecule has 1 amide bonds. The summed E-state index contributed by atoms with van der Waals surface area (Å²) in [6.45, 7) is 7.27. The van der Waals surface area contributed by atoms with Crippen molar-refractivity contribution in [3.05, 3.63) is 26.6 Å². The monoisotopic (exact) mass is 423 g/mol. The van der Waals surface area contributed by atoms with Crippen LogP contribution in [-0.2, 0) is 20.1 Å². The van der Waals surface area contributed by atoms with E-state index >= 15 is 0 Å². The second kappa shape index (κ2) is 9.09. The SMILES string of the molecule is CCOC(=O)C1CCN(C(=O)CSCc2nc3sc(C)c(C)c3c(=O)[nH]2)CC1. The second-order valence-corrected chi connectivity index (χ2v) is 9.06. The quantitative estimate of drug-likeness (QED) is 0.718. The number of carbonyl (C=O) groups excluding carboxylic acids is 2. The highest BCUT2D eigenvalue weighted by Crippen LogP contribution is 2.26. The third kappa shape index (κ3) is 4.57. The summed E-state index contributed by atoms with van der Waals surface area (Å²) in [5.74, 6) is 1.19. The standard InChI is InChI=1S/C19H25N3O4S2/c1-4-26-19(25)13-5-7-22(8-6-13)15(23)10-27-9-14-20-17(24)16-11(2)12(3)28-18(16)21-14/h13H,4-10H2,1-3H3,(H,20,21,24). The van der Waals surface area contributed by atoms with E-state index in [-0.39, 0.29) is 23.4 Å². The molecule has 0 radical (unpaired) electrons. The van der Waals surface area contributed by atoms with E-state index in [0.717, 1.165) is 15.3 Å². The summed E-state index contributed by atoms with van der Waals surface area (Å²) in [5, 5.41) is 0.664. The predicted octanol–water partition coefficient (Wildman–Crippen LogP) is 2.64. The number of fused-ring (bicyclic) bond motifs is 1. The molecule has 7 nitrogen and oxygen atoms in total. The first-order valence-electron chi connectivity index (χ1n) is 9.41. The van der Waals surface area contributed by atoms with Crippen LogP contribution in [-0.4, -0.2) is 52.2 Å². The molecule has 0 saturated carbocycles. The average Bonchev–Trinajstić information content (AvgIpc) is 2.96. The van der Waals surface area contributed by atoms with Gasteiger partial charge in [-0.1, -0.05) is 0 Å². The van der Waals surface area contributed by atoms with Crippen LogP contribution in [0.2, 0.25) is 0 Å². The lowest BCUT2D eigenvalue weighted by Crippen LogP contribution is -2.41. The van der Waals surface area contributed by atoms with Gasteiger partial charge >= 0.3 is 5.97 Å². The highest BCUT2D eigenvalue weighted by atomic mass is 32.2. The molecule has 0 aliphatic carbocycles.